The van der Waals surface area contributed by atoms with Crippen LogP contribution in [-0.4, -0.2) is 18.0 Å². The zero-order valence-electron chi connectivity index (χ0n) is 19.7. The molecule has 1 aromatic heterocycles. The number of ether oxygens (including phenoxy) is 1. The van der Waals surface area contributed by atoms with E-state index in [0.717, 1.165) is 12.1 Å². The number of nitrogens with one attached hydrogen (secondary N) is 1. The van der Waals surface area contributed by atoms with Gasteiger partial charge in [0.05, 0.1) is 12.8 Å². The van der Waals surface area contributed by atoms with E-state index >= 15 is 0 Å². The molecule has 0 saturated heterocycles. The number of rotatable bonds is 7. The van der Waals surface area contributed by atoms with Crippen LogP contribution in [0.5, 0.6) is 5.75 Å². The van der Waals surface area contributed by atoms with Crippen molar-refractivity contribution in [1.82, 2.24) is 4.98 Å². The monoisotopic (exact) mass is 484 g/mol. The van der Waals surface area contributed by atoms with Gasteiger partial charge < -0.3 is 10.1 Å². The Labute approximate surface area is 201 Å². The number of benzene rings is 2. The summed E-state index contributed by atoms with van der Waals surface area (Å²) in [5, 5.41) is 2.37. The SMILES string of the molecule is C/C=C/C(=O)Nc1cc(-c2cnc(C)c(/C(=C\CC)c3cc(F)cc(F)c3OC)c2)c(F)cc1F. The summed E-state index contributed by atoms with van der Waals surface area (Å²) in [6.45, 7) is 5.19. The molecule has 1 N–H and O–H groups in total. The van der Waals surface area contributed by atoms with Crippen LogP contribution in [-0.2, 0) is 4.79 Å². The first-order valence-electron chi connectivity index (χ1n) is 10.8. The third-order valence-corrected chi connectivity index (χ3v) is 5.23. The fourth-order valence-electron chi connectivity index (χ4n) is 3.68. The van der Waals surface area contributed by atoms with Gasteiger partial charge >= 0.3 is 0 Å². The first kappa shape index (κ1) is 25.7. The van der Waals surface area contributed by atoms with Gasteiger partial charge in [0.25, 0.3) is 0 Å². The van der Waals surface area contributed by atoms with Crippen LogP contribution in [0.4, 0.5) is 23.2 Å². The molecule has 0 radical (unpaired) electrons. The zero-order chi connectivity index (χ0) is 25.7. The van der Waals surface area contributed by atoms with Crippen molar-refractivity contribution in [3.8, 4) is 16.9 Å². The Balaban J connectivity index is 2.19. The number of pyridine rings is 1. The summed E-state index contributed by atoms with van der Waals surface area (Å²) < 4.78 is 62.9. The standard InChI is InChI=1S/C27H24F4N2O2/c1-5-7-18(21-10-17(28)11-24(31)27(21)35-4)19-9-16(14-32-15(19)3)20-12-25(23(30)13-22(20)29)33-26(34)8-6-2/h6-14H,5H2,1-4H3,(H,33,34)/b8-6+,18-7+. The Morgan fingerprint density at radius 2 is 1.77 bits per heavy atom. The zero-order valence-corrected chi connectivity index (χ0v) is 19.7. The minimum Gasteiger partial charge on any atom is -0.493 e. The van der Waals surface area contributed by atoms with Crippen LogP contribution in [0.25, 0.3) is 16.7 Å². The van der Waals surface area contributed by atoms with Crippen LogP contribution in [0.2, 0.25) is 0 Å². The molecule has 0 saturated carbocycles. The second-order valence-electron chi connectivity index (χ2n) is 7.65. The number of allylic oxidation sites excluding steroid dienone is 2. The summed E-state index contributed by atoms with van der Waals surface area (Å²) in [5.41, 5.74) is 1.68. The minimum atomic E-state index is -0.934. The molecule has 0 spiro atoms. The maximum Gasteiger partial charge on any atom is 0.248 e. The van der Waals surface area contributed by atoms with E-state index in [1.807, 2.05) is 6.92 Å². The second-order valence-corrected chi connectivity index (χ2v) is 7.65. The van der Waals surface area contributed by atoms with E-state index in [4.69, 9.17) is 4.74 Å². The van der Waals surface area contributed by atoms with E-state index in [9.17, 15) is 22.4 Å². The molecule has 0 aliphatic heterocycles. The van der Waals surface area contributed by atoms with Gasteiger partial charge in [0.1, 0.15) is 17.5 Å². The molecule has 8 heteroatoms. The predicted octanol–water partition coefficient (Wildman–Crippen LogP) is 6.98. The van der Waals surface area contributed by atoms with Crippen molar-refractivity contribution in [3.05, 3.63) is 94.8 Å². The maximum absolute atomic E-state index is 14.8. The first-order chi connectivity index (χ1) is 16.7. The third-order valence-electron chi connectivity index (χ3n) is 5.23. The van der Waals surface area contributed by atoms with Gasteiger partial charge in [-0.05, 0) is 50.1 Å². The van der Waals surface area contributed by atoms with Crippen LogP contribution >= 0.6 is 0 Å². The average molecular weight is 484 g/mol. The van der Waals surface area contributed by atoms with Crippen LogP contribution in [0.1, 0.15) is 37.1 Å². The Morgan fingerprint density at radius 3 is 2.43 bits per heavy atom. The Bertz CT molecular complexity index is 1330. The summed E-state index contributed by atoms with van der Waals surface area (Å²) in [4.78, 5) is 16.2. The van der Waals surface area contributed by atoms with Gasteiger partial charge in [0.15, 0.2) is 11.6 Å². The number of hydrogen-bond acceptors (Lipinski definition) is 3. The van der Waals surface area contributed by atoms with Gasteiger partial charge in [0, 0.05) is 46.3 Å². The average Bonchev–Trinajstić information content (AvgIpc) is 2.80. The maximum atomic E-state index is 14.8. The number of aryl methyl sites for hydroxylation is 1. The van der Waals surface area contributed by atoms with Gasteiger partial charge in [-0.25, -0.2) is 17.6 Å². The molecule has 1 heterocycles. The molecular weight excluding hydrogens is 460 g/mol. The number of methoxy groups -OCH3 is 1. The highest BCUT2D eigenvalue weighted by Gasteiger charge is 2.20. The van der Waals surface area contributed by atoms with Crippen LogP contribution in [0.3, 0.4) is 0 Å². The lowest BCUT2D eigenvalue weighted by Crippen LogP contribution is -2.10. The highest BCUT2D eigenvalue weighted by Crippen LogP contribution is 2.37. The van der Waals surface area contributed by atoms with Gasteiger partial charge in [-0.2, -0.15) is 0 Å². The number of nitrogens with zero attached hydrogens (tertiary/aromatic N) is 1. The molecule has 35 heavy (non-hydrogen) atoms. The van der Waals surface area contributed by atoms with E-state index in [0.29, 0.717) is 29.3 Å². The molecule has 3 aromatic rings. The fourth-order valence-corrected chi connectivity index (χ4v) is 3.68. The van der Waals surface area contributed by atoms with Gasteiger partial charge in [-0.3, -0.25) is 9.78 Å². The topological polar surface area (TPSA) is 51.2 Å². The minimum absolute atomic E-state index is 0.0100. The molecule has 0 atom stereocenters. The molecule has 1 amide bonds. The van der Waals surface area contributed by atoms with Crippen molar-refractivity contribution in [2.45, 2.75) is 27.2 Å². The summed E-state index contributed by atoms with van der Waals surface area (Å²) in [6, 6.07) is 5.33. The molecule has 0 aliphatic rings. The van der Waals surface area contributed by atoms with Crippen molar-refractivity contribution in [2.24, 2.45) is 0 Å². The molecule has 0 unspecified atom stereocenters. The molecule has 0 aliphatic carbocycles. The van der Waals surface area contributed by atoms with Crippen LogP contribution in [0, 0.1) is 30.2 Å². The second kappa shape index (κ2) is 11.0. The molecular formula is C27H24F4N2O2. The van der Waals surface area contributed by atoms with Crippen molar-refractivity contribution >= 4 is 17.2 Å². The van der Waals surface area contributed by atoms with Crippen molar-refractivity contribution in [2.75, 3.05) is 12.4 Å². The first-order valence-corrected chi connectivity index (χ1v) is 10.8. The van der Waals surface area contributed by atoms with Crippen molar-refractivity contribution in [1.29, 1.82) is 0 Å². The van der Waals surface area contributed by atoms with Crippen LogP contribution < -0.4 is 10.1 Å². The van der Waals surface area contributed by atoms with E-state index in [2.05, 4.69) is 10.3 Å². The number of aromatic nitrogens is 1. The Kier molecular flexibility index (Phi) is 8.06. The third kappa shape index (κ3) is 5.59. The lowest BCUT2D eigenvalue weighted by molar-refractivity contribution is -0.111. The Hall–Kier alpha value is -3.94. The van der Waals surface area contributed by atoms with Crippen molar-refractivity contribution < 1.29 is 27.1 Å². The smallest absolute Gasteiger partial charge is 0.248 e. The summed E-state index contributed by atoms with van der Waals surface area (Å²) in [5.74, 6) is -4.15. The molecule has 2 aromatic carbocycles. The fraction of sp³-hybridized carbons (Fsp3) is 0.185. The summed E-state index contributed by atoms with van der Waals surface area (Å²) in [7, 11) is 1.28. The highest BCUT2D eigenvalue weighted by molar-refractivity contribution is 5.99. The summed E-state index contributed by atoms with van der Waals surface area (Å²) >= 11 is 0. The number of amides is 1. The number of carbonyl (C=O) groups is 1. The van der Waals surface area contributed by atoms with E-state index < -0.39 is 29.2 Å². The molecule has 3 rings (SSSR count). The van der Waals surface area contributed by atoms with Crippen LogP contribution in [0.15, 0.2) is 54.8 Å². The van der Waals surface area contributed by atoms with Crippen molar-refractivity contribution in [3.63, 3.8) is 0 Å². The Morgan fingerprint density at radius 1 is 1.03 bits per heavy atom. The number of hydrogen-bond donors (Lipinski definition) is 1. The van der Waals surface area contributed by atoms with Gasteiger partial charge in [0.2, 0.25) is 5.91 Å². The molecule has 182 valence electrons. The van der Waals surface area contributed by atoms with Gasteiger partial charge in [-0.1, -0.05) is 19.1 Å². The summed E-state index contributed by atoms with van der Waals surface area (Å²) in [6.07, 6.45) is 6.38. The number of anilines is 1. The van der Waals surface area contributed by atoms with E-state index in [1.165, 1.54) is 31.5 Å². The normalized spacial score (nSPS) is 11.7. The quantitative estimate of drug-likeness (QED) is 0.291. The van der Waals surface area contributed by atoms with E-state index in [-0.39, 0.29) is 28.1 Å². The highest BCUT2D eigenvalue weighted by atomic mass is 19.1. The molecule has 0 bridgehead atoms. The number of carbonyl (C=O) groups excluding carboxylic acids is 1. The van der Waals surface area contributed by atoms with Gasteiger partial charge in [-0.15, -0.1) is 0 Å². The molecule has 0 fully saturated rings. The lowest BCUT2D eigenvalue weighted by Gasteiger charge is -2.17. The lowest BCUT2D eigenvalue weighted by atomic mass is 9.92. The predicted molar refractivity (Wildman–Crippen MR) is 128 cm³/mol. The number of halogens is 4. The molecule has 4 nitrogen and oxygen atoms in total. The van der Waals surface area contributed by atoms with E-state index in [1.54, 1.807) is 26.0 Å². The largest absolute Gasteiger partial charge is 0.493 e.